The minimum Gasteiger partial charge on any atom is -0.493 e. The highest BCUT2D eigenvalue weighted by atomic mass is 16.5. The van der Waals surface area contributed by atoms with Gasteiger partial charge in [-0.2, -0.15) is 0 Å². The van der Waals surface area contributed by atoms with Crippen LogP contribution in [0.15, 0.2) is 49.1 Å². The summed E-state index contributed by atoms with van der Waals surface area (Å²) in [4.78, 5) is 8.41. The first-order chi connectivity index (χ1) is 8.90. The van der Waals surface area contributed by atoms with Crippen molar-refractivity contribution in [2.24, 2.45) is 0 Å². The number of hydrogen-bond donors (Lipinski definition) is 0. The topological polar surface area (TPSA) is 39.4 Å². The van der Waals surface area contributed by atoms with Crippen molar-refractivity contribution in [1.29, 1.82) is 0 Å². The number of aromatic nitrogens is 3. The van der Waals surface area contributed by atoms with Crippen LogP contribution >= 0.6 is 0 Å². The molecule has 2 heterocycles. The molecule has 0 radical (unpaired) electrons. The summed E-state index contributed by atoms with van der Waals surface area (Å²) in [6.07, 6.45) is 7.24. The summed E-state index contributed by atoms with van der Waals surface area (Å²) in [6.45, 7) is 2.63. The Balaban J connectivity index is 2.20. The number of nitrogens with zero attached hydrogens (tertiary/aromatic N) is 3. The van der Waals surface area contributed by atoms with Gasteiger partial charge in [0.15, 0.2) is 5.65 Å². The number of imidazole rings is 1. The Bertz CT molecular complexity index is 675. The van der Waals surface area contributed by atoms with E-state index in [9.17, 15) is 0 Å². The fraction of sp³-hybridized carbons (Fsp3) is 0.143. The Labute approximate surface area is 105 Å². The molecule has 90 valence electrons. The van der Waals surface area contributed by atoms with Crippen molar-refractivity contribution < 1.29 is 4.74 Å². The van der Waals surface area contributed by atoms with E-state index >= 15 is 0 Å². The summed E-state index contributed by atoms with van der Waals surface area (Å²) in [5.41, 5.74) is 2.88. The molecule has 2 aromatic heterocycles. The van der Waals surface area contributed by atoms with Crippen LogP contribution in [0.3, 0.4) is 0 Å². The molecule has 18 heavy (non-hydrogen) atoms. The smallest absolute Gasteiger partial charge is 0.155 e. The molecular weight excluding hydrogens is 226 g/mol. The number of benzene rings is 1. The van der Waals surface area contributed by atoms with Gasteiger partial charge in [-0.3, -0.25) is 9.38 Å². The van der Waals surface area contributed by atoms with Crippen LogP contribution in [0.4, 0.5) is 0 Å². The summed E-state index contributed by atoms with van der Waals surface area (Å²) in [6, 6.07) is 7.98. The average molecular weight is 239 g/mol. The lowest BCUT2D eigenvalue weighted by atomic mass is 10.1. The number of para-hydroxylation sites is 1. The second-order valence-corrected chi connectivity index (χ2v) is 3.88. The highest BCUT2D eigenvalue weighted by Gasteiger charge is 2.10. The van der Waals surface area contributed by atoms with Gasteiger partial charge in [0.1, 0.15) is 5.75 Å². The van der Waals surface area contributed by atoms with Crippen molar-refractivity contribution in [3.63, 3.8) is 0 Å². The van der Waals surface area contributed by atoms with E-state index < -0.39 is 0 Å². The fourth-order valence-corrected chi connectivity index (χ4v) is 2.00. The fourth-order valence-electron chi connectivity index (χ4n) is 2.00. The van der Waals surface area contributed by atoms with Crippen LogP contribution in [-0.4, -0.2) is 21.0 Å². The monoisotopic (exact) mass is 239 g/mol. The zero-order valence-electron chi connectivity index (χ0n) is 10.1. The molecule has 0 spiro atoms. The van der Waals surface area contributed by atoms with Gasteiger partial charge in [0.25, 0.3) is 0 Å². The van der Waals surface area contributed by atoms with Crippen LogP contribution in [0.5, 0.6) is 5.75 Å². The number of rotatable bonds is 3. The van der Waals surface area contributed by atoms with Crippen LogP contribution in [0.1, 0.15) is 6.92 Å². The molecule has 0 fully saturated rings. The molecular formula is C14H13N3O. The van der Waals surface area contributed by atoms with E-state index in [1.807, 2.05) is 48.0 Å². The van der Waals surface area contributed by atoms with Gasteiger partial charge in [-0.25, -0.2) is 4.98 Å². The quantitative estimate of drug-likeness (QED) is 0.705. The summed E-state index contributed by atoms with van der Waals surface area (Å²) >= 11 is 0. The third kappa shape index (κ3) is 1.72. The minimum atomic E-state index is 0.648. The largest absolute Gasteiger partial charge is 0.493 e. The first-order valence-corrected chi connectivity index (χ1v) is 5.89. The first kappa shape index (κ1) is 10.8. The highest BCUT2D eigenvalue weighted by molar-refractivity contribution is 5.69. The summed E-state index contributed by atoms with van der Waals surface area (Å²) in [5.74, 6) is 0.874. The molecule has 0 aliphatic carbocycles. The molecule has 4 nitrogen and oxygen atoms in total. The number of ether oxygens (including phenoxy) is 1. The zero-order valence-corrected chi connectivity index (χ0v) is 10.1. The van der Waals surface area contributed by atoms with Gasteiger partial charge < -0.3 is 4.74 Å². The molecule has 0 bridgehead atoms. The van der Waals surface area contributed by atoms with Crippen LogP contribution in [0.25, 0.3) is 16.9 Å². The Morgan fingerprint density at radius 3 is 3.00 bits per heavy atom. The lowest BCUT2D eigenvalue weighted by Crippen LogP contribution is -1.95. The molecule has 0 aliphatic rings. The molecule has 0 atom stereocenters. The van der Waals surface area contributed by atoms with Crippen molar-refractivity contribution in [3.05, 3.63) is 49.1 Å². The zero-order chi connectivity index (χ0) is 12.4. The van der Waals surface area contributed by atoms with Crippen LogP contribution in [0.2, 0.25) is 0 Å². The summed E-state index contributed by atoms with van der Waals surface area (Å²) in [5, 5.41) is 0. The van der Waals surface area contributed by atoms with Crippen molar-refractivity contribution in [1.82, 2.24) is 14.4 Å². The molecule has 1 aromatic carbocycles. The van der Waals surface area contributed by atoms with Crippen LogP contribution in [-0.2, 0) is 0 Å². The maximum Gasteiger partial charge on any atom is 0.155 e. The number of fused-ring (bicyclic) bond motifs is 1. The molecule has 0 N–H and O–H groups in total. The van der Waals surface area contributed by atoms with Gasteiger partial charge >= 0.3 is 0 Å². The standard InChI is InChI=1S/C14H13N3O/c1-2-18-13-6-4-3-5-11(13)12-9-16-14-10-15-7-8-17(12)14/h3-10H,2H2,1H3. The second kappa shape index (κ2) is 4.49. The predicted octanol–water partition coefficient (Wildman–Crippen LogP) is 2.79. The normalized spacial score (nSPS) is 10.7. The highest BCUT2D eigenvalue weighted by Crippen LogP contribution is 2.29. The van der Waals surface area contributed by atoms with Gasteiger partial charge in [0.2, 0.25) is 0 Å². The Hall–Kier alpha value is -2.36. The van der Waals surface area contributed by atoms with E-state index in [0.717, 1.165) is 22.7 Å². The van der Waals surface area contributed by atoms with E-state index in [4.69, 9.17) is 4.74 Å². The number of hydrogen-bond acceptors (Lipinski definition) is 3. The maximum atomic E-state index is 5.65. The van der Waals surface area contributed by atoms with E-state index in [1.165, 1.54) is 0 Å². The van der Waals surface area contributed by atoms with Gasteiger partial charge in [-0.1, -0.05) is 12.1 Å². The third-order valence-corrected chi connectivity index (χ3v) is 2.78. The van der Waals surface area contributed by atoms with Gasteiger partial charge in [0, 0.05) is 18.0 Å². The molecule has 3 aromatic rings. The van der Waals surface area contributed by atoms with Gasteiger partial charge in [-0.15, -0.1) is 0 Å². The summed E-state index contributed by atoms with van der Waals surface area (Å²) < 4.78 is 7.66. The molecule has 0 aliphatic heterocycles. The maximum absolute atomic E-state index is 5.65. The molecule has 0 unspecified atom stereocenters. The Morgan fingerprint density at radius 2 is 2.11 bits per heavy atom. The van der Waals surface area contributed by atoms with Gasteiger partial charge in [-0.05, 0) is 19.1 Å². The molecule has 0 saturated heterocycles. The molecule has 4 heteroatoms. The van der Waals surface area contributed by atoms with Crippen molar-refractivity contribution >= 4 is 5.65 Å². The third-order valence-electron chi connectivity index (χ3n) is 2.78. The van der Waals surface area contributed by atoms with E-state index in [1.54, 1.807) is 12.4 Å². The van der Waals surface area contributed by atoms with Crippen LogP contribution < -0.4 is 4.74 Å². The van der Waals surface area contributed by atoms with Crippen molar-refractivity contribution in [2.45, 2.75) is 6.92 Å². The molecule has 3 rings (SSSR count). The molecule has 0 saturated carbocycles. The molecule has 0 amide bonds. The van der Waals surface area contributed by atoms with Gasteiger partial charge in [0.05, 0.1) is 24.7 Å². The van der Waals surface area contributed by atoms with Crippen LogP contribution in [0, 0.1) is 0 Å². The van der Waals surface area contributed by atoms with E-state index in [-0.39, 0.29) is 0 Å². The lowest BCUT2D eigenvalue weighted by Gasteiger charge is -2.09. The SMILES string of the molecule is CCOc1ccccc1-c1cnc2cnccn12. The Kier molecular flexibility index (Phi) is 2.68. The van der Waals surface area contributed by atoms with E-state index in [2.05, 4.69) is 9.97 Å². The average Bonchev–Trinajstić information content (AvgIpc) is 2.84. The first-order valence-electron chi connectivity index (χ1n) is 5.89. The summed E-state index contributed by atoms with van der Waals surface area (Å²) in [7, 11) is 0. The predicted molar refractivity (Wildman–Crippen MR) is 69.6 cm³/mol. The minimum absolute atomic E-state index is 0.648. The Morgan fingerprint density at radius 1 is 1.22 bits per heavy atom. The lowest BCUT2D eigenvalue weighted by molar-refractivity contribution is 0.341. The van der Waals surface area contributed by atoms with E-state index in [0.29, 0.717) is 6.61 Å². The van der Waals surface area contributed by atoms with Crippen molar-refractivity contribution in [3.8, 4) is 17.0 Å². The second-order valence-electron chi connectivity index (χ2n) is 3.88. The van der Waals surface area contributed by atoms with Crippen molar-refractivity contribution in [2.75, 3.05) is 6.61 Å².